The molecule has 0 saturated carbocycles. The molecule has 2 N–H and O–H groups in total. The Kier molecular flexibility index (Phi) is 5.55. The quantitative estimate of drug-likeness (QED) is 0.511. The van der Waals surface area contributed by atoms with Gasteiger partial charge in [-0.3, -0.25) is 4.79 Å². The summed E-state index contributed by atoms with van der Waals surface area (Å²) >= 11 is 0. The number of hydrogen-bond acceptors (Lipinski definition) is 4. The Hall–Kier alpha value is -3.87. The lowest BCUT2D eigenvalue weighted by atomic mass is 10.2. The van der Waals surface area contributed by atoms with Crippen molar-refractivity contribution in [3.05, 3.63) is 83.7 Å². The van der Waals surface area contributed by atoms with Gasteiger partial charge < -0.3 is 14.6 Å². The zero-order chi connectivity index (χ0) is 20.1. The first kappa shape index (κ1) is 18.9. The van der Waals surface area contributed by atoms with Gasteiger partial charge in [0.1, 0.15) is 0 Å². The number of aromatic nitrogens is 1. The summed E-state index contributed by atoms with van der Waals surface area (Å²) in [6, 6.07) is 17.5. The molecule has 0 unspecified atom stereocenters. The minimum atomic E-state index is -0.989. The van der Waals surface area contributed by atoms with Crippen LogP contribution in [0.4, 0.5) is 5.69 Å². The summed E-state index contributed by atoms with van der Waals surface area (Å²) in [6.07, 6.45) is 3.31. The highest BCUT2D eigenvalue weighted by Gasteiger charge is 2.08. The minimum absolute atomic E-state index is 0.197. The molecule has 3 rings (SSSR count). The molecule has 1 amide bonds. The molecule has 0 aliphatic rings. The van der Waals surface area contributed by atoms with Crippen molar-refractivity contribution in [3.8, 4) is 5.69 Å². The summed E-state index contributed by atoms with van der Waals surface area (Å²) in [7, 11) is 3.81. The molecule has 0 aliphatic carbocycles. The van der Waals surface area contributed by atoms with Gasteiger partial charge in [0.15, 0.2) is 0 Å². The van der Waals surface area contributed by atoms with Gasteiger partial charge in [-0.1, -0.05) is 12.1 Å². The van der Waals surface area contributed by atoms with Gasteiger partial charge in [0.05, 0.1) is 17.5 Å². The normalized spacial score (nSPS) is 10.8. The maximum Gasteiger partial charge on any atom is 0.335 e. The second kappa shape index (κ2) is 8.22. The predicted octanol–water partition coefficient (Wildman–Crippen LogP) is 3.01. The van der Waals surface area contributed by atoms with Crippen LogP contribution in [-0.4, -0.2) is 41.9 Å². The highest BCUT2D eigenvalue weighted by atomic mass is 16.4. The molecule has 0 radical (unpaired) electrons. The smallest absolute Gasteiger partial charge is 0.335 e. The van der Waals surface area contributed by atoms with E-state index in [0.717, 1.165) is 5.69 Å². The molecule has 7 nitrogen and oxygen atoms in total. The summed E-state index contributed by atoms with van der Waals surface area (Å²) in [5, 5.41) is 13.2. The van der Waals surface area contributed by atoms with Gasteiger partial charge in [-0.25, -0.2) is 10.2 Å². The van der Waals surface area contributed by atoms with E-state index in [-0.39, 0.29) is 11.5 Å². The second-order valence-electron chi connectivity index (χ2n) is 6.30. The van der Waals surface area contributed by atoms with Crippen LogP contribution in [0.1, 0.15) is 26.4 Å². The van der Waals surface area contributed by atoms with E-state index in [4.69, 9.17) is 5.11 Å². The van der Waals surface area contributed by atoms with E-state index < -0.39 is 5.97 Å². The van der Waals surface area contributed by atoms with Crippen LogP contribution < -0.4 is 10.3 Å². The first-order valence-electron chi connectivity index (χ1n) is 8.57. The van der Waals surface area contributed by atoms with Crippen molar-refractivity contribution in [2.24, 2.45) is 5.10 Å². The maximum absolute atomic E-state index is 12.3. The van der Waals surface area contributed by atoms with Gasteiger partial charge in [0.25, 0.3) is 5.91 Å². The van der Waals surface area contributed by atoms with Crippen LogP contribution in [0.2, 0.25) is 0 Å². The van der Waals surface area contributed by atoms with E-state index in [1.807, 2.05) is 43.3 Å². The molecule has 1 heterocycles. The average Bonchev–Trinajstić information content (AvgIpc) is 3.16. The molecule has 0 aliphatic heterocycles. The molecule has 1 aromatic heterocycles. The molecule has 0 fully saturated rings. The van der Waals surface area contributed by atoms with Crippen LogP contribution in [-0.2, 0) is 0 Å². The van der Waals surface area contributed by atoms with Crippen molar-refractivity contribution in [2.45, 2.75) is 0 Å². The fraction of sp³-hybridized carbons (Fsp3) is 0.0952. The summed E-state index contributed by atoms with van der Waals surface area (Å²) in [4.78, 5) is 25.4. The third-order valence-electron chi connectivity index (χ3n) is 4.14. The number of rotatable bonds is 6. The Morgan fingerprint density at radius 3 is 2.54 bits per heavy atom. The van der Waals surface area contributed by atoms with Crippen molar-refractivity contribution in [1.82, 2.24) is 9.99 Å². The Bertz CT molecular complexity index is 1040. The number of carbonyl (C=O) groups is 2. The molecule has 0 saturated heterocycles. The topological polar surface area (TPSA) is 86.9 Å². The SMILES string of the molecule is CN(C)c1cccc(C(=O)N/N=C\c2cccn2-c2cccc(C(=O)O)c2)c1. The largest absolute Gasteiger partial charge is 0.478 e. The zero-order valence-corrected chi connectivity index (χ0v) is 15.5. The molecule has 142 valence electrons. The van der Waals surface area contributed by atoms with Gasteiger partial charge >= 0.3 is 5.97 Å². The fourth-order valence-electron chi connectivity index (χ4n) is 2.67. The number of anilines is 1. The van der Waals surface area contributed by atoms with Crippen molar-refractivity contribution in [1.29, 1.82) is 0 Å². The Morgan fingerprint density at radius 1 is 1.04 bits per heavy atom. The minimum Gasteiger partial charge on any atom is -0.478 e. The van der Waals surface area contributed by atoms with Crippen LogP contribution in [0.5, 0.6) is 0 Å². The number of carboxylic acid groups (broad SMARTS) is 1. The highest BCUT2D eigenvalue weighted by molar-refractivity contribution is 5.95. The van der Waals surface area contributed by atoms with Crippen molar-refractivity contribution < 1.29 is 14.7 Å². The lowest BCUT2D eigenvalue weighted by Gasteiger charge is -2.12. The predicted molar refractivity (Wildman–Crippen MR) is 109 cm³/mol. The molecule has 3 aromatic rings. The van der Waals surface area contributed by atoms with Crippen molar-refractivity contribution in [3.63, 3.8) is 0 Å². The van der Waals surface area contributed by atoms with Gasteiger partial charge in [-0.2, -0.15) is 5.10 Å². The second-order valence-corrected chi connectivity index (χ2v) is 6.30. The highest BCUT2D eigenvalue weighted by Crippen LogP contribution is 2.15. The first-order valence-corrected chi connectivity index (χ1v) is 8.57. The number of hydrogen-bond donors (Lipinski definition) is 2. The Labute approximate surface area is 162 Å². The third kappa shape index (κ3) is 4.27. The van der Waals surface area contributed by atoms with E-state index in [1.54, 1.807) is 41.1 Å². The van der Waals surface area contributed by atoms with Gasteiger partial charge in [0, 0.05) is 37.2 Å². The zero-order valence-electron chi connectivity index (χ0n) is 15.5. The van der Waals surface area contributed by atoms with Crippen molar-refractivity contribution >= 4 is 23.8 Å². The van der Waals surface area contributed by atoms with Crippen molar-refractivity contribution in [2.75, 3.05) is 19.0 Å². The molecular formula is C21H20N4O3. The molecule has 28 heavy (non-hydrogen) atoms. The lowest BCUT2D eigenvalue weighted by molar-refractivity contribution is 0.0696. The average molecular weight is 376 g/mol. The lowest BCUT2D eigenvalue weighted by Crippen LogP contribution is -2.18. The van der Waals surface area contributed by atoms with Gasteiger partial charge in [0.2, 0.25) is 0 Å². The fourth-order valence-corrected chi connectivity index (χ4v) is 2.67. The number of nitrogens with one attached hydrogen (secondary N) is 1. The number of carboxylic acids is 1. The van der Waals surface area contributed by atoms with Crippen LogP contribution in [0.3, 0.4) is 0 Å². The first-order chi connectivity index (χ1) is 13.5. The number of nitrogens with zero attached hydrogens (tertiary/aromatic N) is 3. The molecule has 0 bridgehead atoms. The number of hydrazone groups is 1. The Balaban J connectivity index is 1.75. The summed E-state index contributed by atoms with van der Waals surface area (Å²) in [5.74, 6) is -1.30. The summed E-state index contributed by atoms with van der Waals surface area (Å²) in [6.45, 7) is 0. The van der Waals surface area contributed by atoms with Gasteiger partial charge in [-0.15, -0.1) is 0 Å². The van der Waals surface area contributed by atoms with Crippen LogP contribution in [0, 0.1) is 0 Å². The van der Waals surface area contributed by atoms with Crippen LogP contribution >= 0.6 is 0 Å². The van der Waals surface area contributed by atoms with Gasteiger partial charge in [-0.05, 0) is 48.5 Å². The maximum atomic E-state index is 12.3. The number of carbonyl (C=O) groups excluding carboxylic acids is 1. The number of benzene rings is 2. The summed E-state index contributed by atoms with van der Waals surface area (Å²) < 4.78 is 1.79. The molecule has 2 aromatic carbocycles. The van der Waals surface area contributed by atoms with E-state index in [1.165, 1.54) is 12.3 Å². The molecule has 7 heteroatoms. The Morgan fingerprint density at radius 2 is 1.79 bits per heavy atom. The van der Waals surface area contributed by atoms with Crippen LogP contribution in [0.15, 0.2) is 72.0 Å². The van der Waals surface area contributed by atoms with E-state index in [0.29, 0.717) is 16.9 Å². The molecular weight excluding hydrogens is 356 g/mol. The van der Waals surface area contributed by atoms with E-state index in [9.17, 15) is 9.59 Å². The molecule has 0 spiro atoms. The van der Waals surface area contributed by atoms with E-state index in [2.05, 4.69) is 10.5 Å². The standard InChI is InChI=1S/C21H20N4O3/c1-24(2)17-8-3-6-15(12-17)20(26)23-22-14-19-10-5-11-25(19)18-9-4-7-16(13-18)21(27)28/h3-14H,1-2H3,(H,23,26)(H,27,28)/b22-14-. The number of amides is 1. The van der Waals surface area contributed by atoms with E-state index >= 15 is 0 Å². The monoisotopic (exact) mass is 376 g/mol. The summed E-state index contributed by atoms with van der Waals surface area (Å²) in [5.41, 5.74) is 5.53. The molecule has 0 atom stereocenters. The number of aromatic carboxylic acids is 1. The third-order valence-corrected chi connectivity index (χ3v) is 4.14. The van der Waals surface area contributed by atoms with Crippen LogP contribution in [0.25, 0.3) is 5.69 Å².